The minimum atomic E-state index is 0.441. The van der Waals surface area contributed by atoms with Crippen LogP contribution < -0.4 is 21.1 Å². The standard InChI is InChI=1S/C11H13N5O/c12-7-1-3-8(4-2-7)16-5-6-17-11-9(16)10(13)14-15-11/h1-4H,5-6,12H2,(H3,13,14,15). The van der Waals surface area contributed by atoms with Gasteiger partial charge in [0, 0.05) is 11.4 Å². The van der Waals surface area contributed by atoms with Crippen molar-refractivity contribution >= 4 is 22.9 Å². The van der Waals surface area contributed by atoms with Crippen LogP contribution in [0.15, 0.2) is 24.3 Å². The first-order chi connectivity index (χ1) is 8.25. The van der Waals surface area contributed by atoms with Crippen LogP contribution in [-0.2, 0) is 0 Å². The lowest BCUT2D eigenvalue weighted by atomic mass is 10.2. The second kappa shape index (κ2) is 3.58. The summed E-state index contributed by atoms with van der Waals surface area (Å²) in [6.45, 7) is 1.33. The van der Waals surface area contributed by atoms with E-state index in [0.717, 1.165) is 23.6 Å². The van der Waals surface area contributed by atoms with Crippen molar-refractivity contribution in [2.45, 2.75) is 0 Å². The second-order valence-corrected chi connectivity index (χ2v) is 3.88. The highest BCUT2D eigenvalue weighted by molar-refractivity contribution is 5.78. The Morgan fingerprint density at radius 3 is 2.76 bits per heavy atom. The molecule has 6 heteroatoms. The maximum Gasteiger partial charge on any atom is 0.236 e. The Hall–Kier alpha value is -2.37. The van der Waals surface area contributed by atoms with Crippen molar-refractivity contribution in [2.24, 2.45) is 0 Å². The predicted molar refractivity (Wildman–Crippen MR) is 66.4 cm³/mol. The number of hydrogen-bond acceptors (Lipinski definition) is 5. The van der Waals surface area contributed by atoms with Gasteiger partial charge in [-0.15, -0.1) is 0 Å². The lowest BCUT2D eigenvalue weighted by Crippen LogP contribution is -2.28. The minimum Gasteiger partial charge on any atom is -0.475 e. The summed E-state index contributed by atoms with van der Waals surface area (Å²) in [5.41, 5.74) is 14.1. The summed E-state index contributed by atoms with van der Waals surface area (Å²) in [6.07, 6.45) is 0. The second-order valence-electron chi connectivity index (χ2n) is 3.88. The fourth-order valence-electron chi connectivity index (χ4n) is 1.96. The average Bonchev–Trinajstić information content (AvgIpc) is 2.73. The lowest BCUT2D eigenvalue weighted by molar-refractivity contribution is 0.302. The van der Waals surface area contributed by atoms with Crippen molar-refractivity contribution in [1.29, 1.82) is 0 Å². The van der Waals surface area contributed by atoms with Crippen LogP contribution in [0.25, 0.3) is 0 Å². The number of aromatic amines is 1. The Labute approximate surface area is 98.2 Å². The maximum atomic E-state index is 5.83. The van der Waals surface area contributed by atoms with E-state index in [1.165, 1.54) is 0 Å². The number of benzene rings is 1. The Bertz CT molecular complexity index is 533. The van der Waals surface area contributed by atoms with Crippen molar-refractivity contribution in [3.05, 3.63) is 24.3 Å². The van der Waals surface area contributed by atoms with E-state index < -0.39 is 0 Å². The maximum absolute atomic E-state index is 5.83. The highest BCUT2D eigenvalue weighted by atomic mass is 16.5. The zero-order valence-corrected chi connectivity index (χ0v) is 9.18. The number of nitrogens with zero attached hydrogens (tertiary/aromatic N) is 2. The van der Waals surface area contributed by atoms with E-state index in [0.29, 0.717) is 18.3 Å². The monoisotopic (exact) mass is 231 g/mol. The number of ether oxygens (including phenoxy) is 1. The number of fused-ring (bicyclic) bond motifs is 1. The van der Waals surface area contributed by atoms with Crippen LogP contribution >= 0.6 is 0 Å². The molecular formula is C11H13N5O. The molecule has 0 spiro atoms. The number of H-pyrrole nitrogens is 1. The molecule has 0 atom stereocenters. The van der Waals surface area contributed by atoms with E-state index in [4.69, 9.17) is 16.2 Å². The molecule has 6 nitrogen and oxygen atoms in total. The minimum absolute atomic E-state index is 0.441. The number of hydrogen-bond donors (Lipinski definition) is 3. The molecule has 3 rings (SSSR count). The highest BCUT2D eigenvalue weighted by Gasteiger charge is 2.24. The van der Waals surface area contributed by atoms with Gasteiger partial charge in [0.15, 0.2) is 5.82 Å². The van der Waals surface area contributed by atoms with Crippen molar-refractivity contribution < 1.29 is 4.74 Å². The molecule has 0 radical (unpaired) electrons. The molecule has 0 fully saturated rings. The summed E-state index contributed by atoms with van der Waals surface area (Å²) >= 11 is 0. The van der Waals surface area contributed by atoms with Gasteiger partial charge < -0.3 is 21.1 Å². The van der Waals surface area contributed by atoms with Crippen LogP contribution in [0.2, 0.25) is 0 Å². The van der Waals surface area contributed by atoms with E-state index in [1.54, 1.807) is 0 Å². The van der Waals surface area contributed by atoms with Gasteiger partial charge in [-0.3, -0.25) is 0 Å². The van der Waals surface area contributed by atoms with E-state index >= 15 is 0 Å². The van der Waals surface area contributed by atoms with Crippen molar-refractivity contribution in [3.8, 4) is 5.88 Å². The molecule has 2 heterocycles. The van der Waals surface area contributed by atoms with Gasteiger partial charge in [0.2, 0.25) is 5.88 Å². The van der Waals surface area contributed by atoms with Gasteiger partial charge in [0.1, 0.15) is 12.3 Å². The van der Waals surface area contributed by atoms with Crippen molar-refractivity contribution in [1.82, 2.24) is 10.2 Å². The molecule has 1 aromatic carbocycles. The fraction of sp³-hybridized carbons (Fsp3) is 0.182. The van der Waals surface area contributed by atoms with Gasteiger partial charge in [-0.2, -0.15) is 5.10 Å². The Balaban J connectivity index is 2.05. The molecular weight excluding hydrogens is 218 g/mol. The molecule has 0 saturated carbocycles. The average molecular weight is 231 g/mol. The molecule has 88 valence electrons. The van der Waals surface area contributed by atoms with Crippen LogP contribution in [0.4, 0.5) is 22.9 Å². The molecule has 0 aliphatic carbocycles. The van der Waals surface area contributed by atoms with Gasteiger partial charge in [-0.25, -0.2) is 5.10 Å². The first-order valence-electron chi connectivity index (χ1n) is 5.35. The molecule has 17 heavy (non-hydrogen) atoms. The van der Waals surface area contributed by atoms with Crippen LogP contribution in [-0.4, -0.2) is 23.3 Å². The highest BCUT2D eigenvalue weighted by Crippen LogP contribution is 2.39. The molecule has 1 aliphatic heterocycles. The van der Waals surface area contributed by atoms with Gasteiger partial charge in [0.05, 0.1) is 6.54 Å². The van der Waals surface area contributed by atoms with Crippen LogP contribution in [0.1, 0.15) is 0 Å². The van der Waals surface area contributed by atoms with Crippen molar-refractivity contribution in [3.63, 3.8) is 0 Å². The third kappa shape index (κ3) is 1.54. The summed E-state index contributed by atoms with van der Waals surface area (Å²) in [5.74, 6) is 1.06. The lowest BCUT2D eigenvalue weighted by Gasteiger charge is -2.28. The number of aromatic nitrogens is 2. The van der Waals surface area contributed by atoms with E-state index in [-0.39, 0.29) is 0 Å². The summed E-state index contributed by atoms with van der Waals surface area (Å²) in [5, 5.41) is 6.73. The zero-order valence-electron chi connectivity index (χ0n) is 9.18. The molecule has 0 amide bonds. The normalized spacial score (nSPS) is 14.2. The molecule has 1 aliphatic rings. The van der Waals surface area contributed by atoms with Gasteiger partial charge in [-0.05, 0) is 24.3 Å². The number of nitrogens with one attached hydrogen (secondary N) is 1. The molecule has 0 bridgehead atoms. The Morgan fingerprint density at radius 1 is 1.24 bits per heavy atom. The van der Waals surface area contributed by atoms with Crippen LogP contribution in [0.3, 0.4) is 0 Å². The third-order valence-corrected chi connectivity index (χ3v) is 2.77. The van der Waals surface area contributed by atoms with Crippen LogP contribution in [0.5, 0.6) is 5.88 Å². The van der Waals surface area contributed by atoms with Crippen molar-refractivity contribution in [2.75, 3.05) is 29.5 Å². The molecule has 0 unspecified atom stereocenters. The molecule has 1 aromatic heterocycles. The number of rotatable bonds is 1. The Morgan fingerprint density at radius 2 is 2.00 bits per heavy atom. The zero-order chi connectivity index (χ0) is 11.8. The van der Waals surface area contributed by atoms with Gasteiger partial charge in [-0.1, -0.05) is 0 Å². The quantitative estimate of drug-likeness (QED) is 0.639. The third-order valence-electron chi connectivity index (χ3n) is 2.77. The first kappa shape index (κ1) is 9.83. The van der Waals surface area contributed by atoms with Gasteiger partial charge >= 0.3 is 0 Å². The van der Waals surface area contributed by atoms with E-state index in [2.05, 4.69) is 15.1 Å². The summed E-state index contributed by atoms with van der Waals surface area (Å²) in [4.78, 5) is 2.07. The SMILES string of the molecule is Nc1ccc(N2CCOc3[nH]nc(N)c32)cc1. The fourth-order valence-corrected chi connectivity index (χ4v) is 1.96. The molecule has 0 saturated heterocycles. The predicted octanol–water partition coefficient (Wildman–Crippen LogP) is 1.10. The van der Waals surface area contributed by atoms with E-state index in [9.17, 15) is 0 Å². The molecule has 5 N–H and O–H groups in total. The van der Waals surface area contributed by atoms with Crippen LogP contribution in [0, 0.1) is 0 Å². The van der Waals surface area contributed by atoms with E-state index in [1.807, 2.05) is 24.3 Å². The number of nitrogen functional groups attached to an aromatic ring is 2. The molecule has 2 aromatic rings. The summed E-state index contributed by atoms with van der Waals surface area (Å²) in [6, 6.07) is 7.63. The first-order valence-corrected chi connectivity index (χ1v) is 5.35. The Kier molecular flexibility index (Phi) is 2.07. The number of anilines is 4. The topological polar surface area (TPSA) is 93.2 Å². The smallest absolute Gasteiger partial charge is 0.236 e. The number of nitrogens with two attached hydrogens (primary N) is 2. The largest absolute Gasteiger partial charge is 0.475 e. The summed E-state index contributed by atoms with van der Waals surface area (Å²) < 4.78 is 5.46. The van der Waals surface area contributed by atoms with Gasteiger partial charge in [0.25, 0.3) is 0 Å². The summed E-state index contributed by atoms with van der Waals surface area (Å²) in [7, 11) is 0.